The standard InChI is InChI=1S/C9H14N3O8P/c10-9-11-8(15)4(14)2-12(9)7-1-5(6(3-13)19-7)20-21(16,17)18/h2,5-7,13-14H,1,3H2,(H2,10,11,15)(H2,16,17,18)/t5-,6+,7+/m0/s1. The second-order valence-electron chi connectivity index (χ2n) is 4.38. The Balaban J connectivity index is 2.25. The van der Waals surface area contributed by atoms with Crippen molar-refractivity contribution in [2.45, 2.75) is 24.9 Å². The Kier molecular flexibility index (Phi) is 4.33. The number of aliphatic hydroxyl groups is 1. The van der Waals surface area contributed by atoms with Gasteiger partial charge in [0.1, 0.15) is 18.4 Å². The van der Waals surface area contributed by atoms with Gasteiger partial charge in [0, 0.05) is 6.42 Å². The highest BCUT2D eigenvalue weighted by molar-refractivity contribution is 7.46. The van der Waals surface area contributed by atoms with Crippen molar-refractivity contribution in [2.24, 2.45) is 0 Å². The maximum Gasteiger partial charge on any atom is 0.469 e. The van der Waals surface area contributed by atoms with E-state index in [2.05, 4.69) is 9.51 Å². The first-order chi connectivity index (χ1) is 9.71. The number of aromatic nitrogens is 2. The molecule has 0 aliphatic carbocycles. The van der Waals surface area contributed by atoms with Gasteiger partial charge < -0.3 is 30.5 Å². The zero-order chi connectivity index (χ0) is 15.8. The highest BCUT2D eigenvalue weighted by atomic mass is 31.2. The van der Waals surface area contributed by atoms with Crippen LogP contribution in [-0.2, 0) is 13.8 Å². The lowest BCUT2D eigenvalue weighted by molar-refractivity contribution is -0.0435. The van der Waals surface area contributed by atoms with Crippen LogP contribution in [0.1, 0.15) is 12.6 Å². The van der Waals surface area contributed by atoms with Crippen molar-refractivity contribution in [2.75, 3.05) is 12.3 Å². The van der Waals surface area contributed by atoms with Crippen molar-refractivity contribution >= 4 is 13.8 Å². The summed E-state index contributed by atoms with van der Waals surface area (Å²) in [6.45, 7) is -0.541. The summed E-state index contributed by atoms with van der Waals surface area (Å²) in [5.41, 5.74) is 4.62. The van der Waals surface area contributed by atoms with Crippen molar-refractivity contribution in [3.8, 4) is 5.75 Å². The summed E-state index contributed by atoms with van der Waals surface area (Å²) in [4.78, 5) is 32.1. The highest BCUT2D eigenvalue weighted by Crippen LogP contribution is 2.43. The van der Waals surface area contributed by atoms with E-state index in [4.69, 9.17) is 25.4 Å². The second-order valence-corrected chi connectivity index (χ2v) is 5.57. The minimum absolute atomic E-state index is 0.0650. The number of rotatable bonds is 4. The first kappa shape index (κ1) is 15.9. The van der Waals surface area contributed by atoms with Crippen LogP contribution in [0.4, 0.5) is 5.95 Å². The molecule has 118 valence electrons. The van der Waals surface area contributed by atoms with Gasteiger partial charge in [0.05, 0.1) is 12.8 Å². The van der Waals surface area contributed by atoms with Gasteiger partial charge in [0.25, 0.3) is 0 Å². The number of hydrogen-bond donors (Lipinski definition) is 5. The van der Waals surface area contributed by atoms with Gasteiger partial charge in [-0.2, -0.15) is 4.98 Å². The molecule has 1 aromatic heterocycles. The van der Waals surface area contributed by atoms with Crippen molar-refractivity contribution in [3.05, 3.63) is 16.6 Å². The Morgan fingerprint density at radius 1 is 1.57 bits per heavy atom. The molecule has 2 rings (SSSR count). The van der Waals surface area contributed by atoms with Gasteiger partial charge in [-0.05, 0) is 0 Å². The maximum atomic E-state index is 11.1. The van der Waals surface area contributed by atoms with Gasteiger partial charge in [-0.15, -0.1) is 0 Å². The Hall–Kier alpha value is -1.49. The molecular weight excluding hydrogens is 309 g/mol. The molecule has 6 N–H and O–H groups in total. The normalized spacial score (nSPS) is 26.1. The van der Waals surface area contributed by atoms with Crippen LogP contribution in [0.2, 0.25) is 0 Å². The fourth-order valence-electron chi connectivity index (χ4n) is 2.03. The molecule has 0 aromatic carbocycles. The van der Waals surface area contributed by atoms with Crippen LogP contribution in [0.15, 0.2) is 11.0 Å². The summed E-state index contributed by atoms with van der Waals surface area (Å²) in [5.74, 6) is -0.913. The van der Waals surface area contributed by atoms with Crippen LogP contribution in [0.25, 0.3) is 0 Å². The fourth-order valence-corrected chi connectivity index (χ4v) is 2.60. The average Bonchev–Trinajstić information content (AvgIpc) is 2.74. The van der Waals surface area contributed by atoms with Crippen LogP contribution in [0, 0.1) is 0 Å². The Morgan fingerprint density at radius 2 is 2.24 bits per heavy atom. The zero-order valence-corrected chi connectivity index (χ0v) is 11.5. The van der Waals surface area contributed by atoms with E-state index in [0.29, 0.717) is 0 Å². The fraction of sp³-hybridized carbons (Fsp3) is 0.556. The molecule has 1 aromatic rings. The van der Waals surface area contributed by atoms with Crippen LogP contribution < -0.4 is 11.3 Å². The average molecular weight is 323 g/mol. The highest BCUT2D eigenvalue weighted by Gasteiger charge is 2.40. The molecule has 11 nitrogen and oxygen atoms in total. The summed E-state index contributed by atoms with van der Waals surface area (Å²) < 4.78 is 21.9. The van der Waals surface area contributed by atoms with Gasteiger partial charge in [-0.25, -0.2) is 4.57 Å². The van der Waals surface area contributed by atoms with Crippen LogP contribution >= 0.6 is 7.82 Å². The first-order valence-electron chi connectivity index (χ1n) is 5.79. The number of nitrogens with two attached hydrogens (primary N) is 1. The Labute approximate surface area is 117 Å². The maximum absolute atomic E-state index is 11.1. The second kappa shape index (κ2) is 5.72. The Morgan fingerprint density at radius 3 is 2.81 bits per heavy atom. The lowest BCUT2D eigenvalue weighted by Gasteiger charge is -2.17. The van der Waals surface area contributed by atoms with Gasteiger partial charge in [-0.3, -0.25) is 13.9 Å². The molecule has 2 heterocycles. The molecule has 12 heteroatoms. The number of phosphoric acid groups is 1. The molecule has 0 unspecified atom stereocenters. The molecule has 3 atom stereocenters. The lowest BCUT2D eigenvalue weighted by atomic mass is 10.2. The number of hydrogen-bond acceptors (Lipinski definition) is 8. The minimum Gasteiger partial charge on any atom is -0.502 e. The van der Waals surface area contributed by atoms with E-state index in [0.717, 1.165) is 10.8 Å². The molecular formula is C9H14N3O8P. The monoisotopic (exact) mass is 323 g/mol. The van der Waals surface area contributed by atoms with Crippen molar-refractivity contribution in [1.82, 2.24) is 9.55 Å². The van der Waals surface area contributed by atoms with Gasteiger partial charge in [-0.1, -0.05) is 0 Å². The number of nitrogens with zero attached hydrogens (tertiary/aromatic N) is 2. The van der Waals surface area contributed by atoms with Crippen LogP contribution in [0.5, 0.6) is 5.75 Å². The smallest absolute Gasteiger partial charge is 0.469 e. The van der Waals surface area contributed by atoms with E-state index in [1.807, 2.05) is 0 Å². The number of aromatic hydroxyl groups is 1. The lowest BCUT2D eigenvalue weighted by Crippen LogP contribution is -2.27. The largest absolute Gasteiger partial charge is 0.502 e. The quantitative estimate of drug-likeness (QED) is 0.401. The summed E-state index contributed by atoms with van der Waals surface area (Å²) >= 11 is 0. The number of nitrogen functional groups attached to an aromatic ring is 1. The molecule has 1 aliphatic heterocycles. The van der Waals surface area contributed by atoms with E-state index < -0.39 is 44.2 Å². The topological polar surface area (TPSA) is 177 Å². The molecule has 0 amide bonds. The number of ether oxygens (including phenoxy) is 1. The van der Waals surface area contributed by atoms with Gasteiger partial charge in [0.15, 0.2) is 5.75 Å². The molecule has 21 heavy (non-hydrogen) atoms. The van der Waals surface area contributed by atoms with Gasteiger partial charge >= 0.3 is 13.4 Å². The molecule has 0 radical (unpaired) electrons. The molecule has 1 saturated heterocycles. The van der Waals surface area contributed by atoms with E-state index in [1.165, 1.54) is 0 Å². The van der Waals surface area contributed by atoms with Crippen molar-refractivity contribution < 1.29 is 33.8 Å². The predicted molar refractivity (Wildman–Crippen MR) is 67.1 cm³/mol. The van der Waals surface area contributed by atoms with Gasteiger partial charge in [0.2, 0.25) is 5.95 Å². The number of aliphatic hydroxyl groups excluding tert-OH is 1. The summed E-state index contributed by atoms with van der Waals surface area (Å²) in [7, 11) is -4.76. The molecule has 0 spiro atoms. The SMILES string of the molecule is Nc1nc(=O)c(O)cn1[C@H]1C[C@H](OP(=O)(O)O)[C@@H](CO)O1. The molecule has 0 bridgehead atoms. The molecule has 1 fully saturated rings. The van der Waals surface area contributed by atoms with E-state index in [9.17, 15) is 14.5 Å². The third-order valence-electron chi connectivity index (χ3n) is 2.90. The molecule has 0 saturated carbocycles. The third-order valence-corrected chi connectivity index (χ3v) is 3.45. The third kappa shape index (κ3) is 3.59. The van der Waals surface area contributed by atoms with Crippen LogP contribution in [-0.4, -0.2) is 48.4 Å². The van der Waals surface area contributed by atoms with Crippen molar-refractivity contribution in [1.29, 1.82) is 0 Å². The minimum atomic E-state index is -4.76. The van der Waals surface area contributed by atoms with Crippen molar-refractivity contribution in [3.63, 3.8) is 0 Å². The zero-order valence-electron chi connectivity index (χ0n) is 10.6. The number of phosphoric ester groups is 1. The summed E-state index contributed by atoms with van der Waals surface area (Å²) in [6.07, 6.45) is -2.06. The number of anilines is 1. The predicted octanol–water partition coefficient (Wildman–Crippen LogP) is -1.71. The van der Waals surface area contributed by atoms with E-state index in [-0.39, 0.29) is 12.4 Å². The Bertz CT molecular complexity index is 628. The summed E-state index contributed by atoms with van der Waals surface area (Å²) in [5, 5.41) is 18.5. The van der Waals surface area contributed by atoms with E-state index in [1.54, 1.807) is 0 Å². The summed E-state index contributed by atoms with van der Waals surface area (Å²) in [6, 6.07) is 0. The van der Waals surface area contributed by atoms with Crippen LogP contribution in [0.3, 0.4) is 0 Å². The molecule has 1 aliphatic rings. The first-order valence-corrected chi connectivity index (χ1v) is 7.32. The van der Waals surface area contributed by atoms with E-state index >= 15 is 0 Å².